The Morgan fingerprint density at radius 2 is 1.41 bits per heavy atom. The summed E-state index contributed by atoms with van der Waals surface area (Å²) in [5.41, 5.74) is 2.51. The molecule has 0 atom stereocenters. The number of hydrogen-bond acceptors (Lipinski definition) is 0. The van der Waals surface area contributed by atoms with Crippen LogP contribution in [0, 0.1) is 29.3 Å². The van der Waals surface area contributed by atoms with Gasteiger partial charge in [0.05, 0.1) is 5.39 Å². The van der Waals surface area contributed by atoms with Crippen molar-refractivity contribution in [1.29, 1.82) is 0 Å². The lowest BCUT2D eigenvalue weighted by molar-refractivity contribution is 0.252. The summed E-state index contributed by atoms with van der Waals surface area (Å²) < 4.78 is 44.1. The maximum atomic E-state index is 15.2. The minimum absolute atomic E-state index is 0.264. The molecule has 1 aliphatic carbocycles. The zero-order valence-electron chi connectivity index (χ0n) is 19.2. The van der Waals surface area contributed by atoms with Gasteiger partial charge in [-0.15, -0.1) is 0 Å². The van der Waals surface area contributed by atoms with Crippen molar-refractivity contribution in [1.82, 2.24) is 0 Å². The molecular formula is C29H33F3. The Kier molecular flexibility index (Phi) is 7.23. The number of aryl methyl sites for hydroxylation is 2. The van der Waals surface area contributed by atoms with Crippen molar-refractivity contribution >= 4 is 10.8 Å². The lowest BCUT2D eigenvalue weighted by Crippen LogP contribution is -2.15. The topological polar surface area (TPSA) is 0 Å². The van der Waals surface area contributed by atoms with E-state index in [1.54, 1.807) is 25.1 Å². The summed E-state index contributed by atoms with van der Waals surface area (Å²) in [5.74, 6) is -0.997. The molecule has 170 valence electrons. The summed E-state index contributed by atoms with van der Waals surface area (Å²) in [4.78, 5) is 0. The Labute approximate surface area is 189 Å². The quantitative estimate of drug-likeness (QED) is 0.345. The van der Waals surface area contributed by atoms with E-state index in [2.05, 4.69) is 6.92 Å². The van der Waals surface area contributed by atoms with Gasteiger partial charge >= 0.3 is 0 Å². The SMILES string of the molecule is CCCC1CCC(CCc2ccc(-c3ccc4cc(CC)c(F)c(F)c4c3F)cc2)CC1. The van der Waals surface area contributed by atoms with E-state index in [1.165, 1.54) is 50.5 Å². The van der Waals surface area contributed by atoms with Crippen LogP contribution in [0.3, 0.4) is 0 Å². The molecule has 0 amide bonds. The predicted molar refractivity (Wildman–Crippen MR) is 127 cm³/mol. The third kappa shape index (κ3) is 4.72. The zero-order valence-corrected chi connectivity index (χ0v) is 19.2. The lowest BCUT2D eigenvalue weighted by atomic mass is 9.78. The number of halogens is 3. The average molecular weight is 439 g/mol. The van der Waals surface area contributed by atoms with Crippen LogP contribution in [0.2, 0.25) is 0 Å². The summed E-state index contributed by atoms with van der Waals surface area (Å²) in [6, 6.07) is 12.8. The van der Waals surface area contributed by atoms with E-state index >= 15 is 4.39 Å². The number of benzene rings is 3. The zero-order chi connectivity index (χ0) is 22.7. The van der Waals surface area contributed by atoms with E-state index in [-0.39, 0.29) is 10.9 Å². The number of fused-ring (bicyclic) bond motifs is 1. The monoisotopic (exact) mass is 438 g/mol. The Morgan fingerprint density at radius 3 is 2.03 bits per heavy atom. The van der Waals surface area contributed by atoms with Crippen molar-refractivity contribution in [3.05, 3.63) is 71.0 Å². The molecule has 0 heterocycles. The Morgan fingerprint density at radius 1 is 0.750 bits per heavy atom. The first-order chi connectivity index (χ1) is 15.5. The van der Waals surface area contributed by atoms with E-state index in [1.807, 2.05) is 24.3 Å². The standard InChI is InChI=1S/C29H33F3/c1-3-5-19-6-8-20(9-7-19)10-11-21-12-14-23(15-13-21)25-17-16-24-18-22(4-2)27(30)29(32)26(24)28(25)31/h12-20H,3-11H2,1-2H3. The average Bonchev–Trinajstić information content (AvgIpc) is 2.81. The fourth-order valence-electron chi connectivity index (χ4n) is 5.36. The van der Waals surface area contributed by atoms with Gasteiger partial charge in [0.2, 0.25) is 0 Å². The molecule has 1 aliphatic rings. The Balaban J connectivity index is 1.47. The van der Waals surface area contributed by atoms with Gasteiger partial charge in [-0.25, -0.2) is 13.2 Å². The molecule has 1 fully saturated rings. The first kappa shape index (κ1) is 22.9. The summed E-state index contributed by atoms with van der Waals surface area (Å²) in [6.07, 6.45) is 10.7. The van der Waals surface area contributed by atoms with Crippen LogP contribution in [-0.4, -0.2) is 0 Å². The predicted octanol–water partition coefficient (Wildman–Crippen LogP) is 9.03. The molecule has 0 N–H and O–H groups in total. The molecule has 0 nitrogen and oxygen atoms in total. The van der Waals surface area contributed by atoms with E-state index in [4.69, 9.17) is 0 Å². The van der Waals surface area contributed by atoms with Gasteiger partial charge in [-0.05, 0) is 59.2 Å². The summed E-state index contributed by atoms with van der Waals surface area (Å²) in [7, 11) is 0. The lowest BCUT2D eigenvalue weighted by Gasteiger charge is -2.28. The van der Waals surface area contributed by atoms with Crippen molar-refractivity contribution < 1.29 is 13.2 Å². The Bertz CT molecular complexity index is 1060. The molecule has 3 aromatic carbocycles. The first-order valence-corrected chi connectivity index (χ1v) is 12.2. The second-order valence-electron chi connectivity index (χ2n) is 9.45. The van der Waals surface area contributed by atoms with Crippen molar-refractivity contribution in [2.45, 2.75) is 71.6 Å². The van der Waals surface area contributed by atoms with Crippen LogP contribution in [0.5, 0.6) is 0 Å². The molecule has 0 spiro atoms. The highest BCUT2D eigenvalue weighted by molar-refractivity contribution is 5.89. The fraction of sp³-hybridized carbons (Fsp3) is 0.448. The highest BCUT2D eigenvalue weighted by Gasteiger charge is 2.21. The maximum Gasteiger partial charge on any atom is 0.169 e. The molecule has 32 heavy (non-hydrogen) atoms. The van der Waals surface area contributed by atoms with Crippen LogP contribution in [0.15, 0.2) is 42.5 Å². The van der Waals surface area contributed by atoms with Gasteiger partial charge < -0.3 is 0 Å². The minimum Gasteiger partial charge on any atom is -0.206 e. The van der Waals surface area contributed by atoms with E-state index in [0.717, 1.165) is 18.3 Å². The van der Waals surface area contributed by atoms with Crippen LogP contribution in [0.4, 0.5) is 13.2 Å². The third-order valence-corrected chi connectivity index (χ3v) is 7.35. The van der Waals surface area contributed by atoms with Gasteiger partial charge in [-0.2, -0.15) is 0 Å². The molecule has 3 aromatic rings. The van der Waals surface area contributed by atoms with Crippen LogP contribution < -0.4 is 0 Å². The highest BCUT2D eigenvalue weighted by Crippen LogP contribution is 2.35. The molecule has 0 unspecified atom stereocenters. The molecule has 1 saturated carbocycles. The largest absolute Gasteiger partial charge is 0.206 e. The van der Waals surface area contributed by atoms with Crippen LogP contribution in [-0.2, 0) is 12.8 Å². The molecule has 0 bridgehead atoms. The smallest absolute Gasteiger partial charge is 0.169 e. The summed E-state index contributed by atoms with van der Waals surface area (Å²) in [5, 5.41) is 0.132. The van der Waals surface area contributed by atoms with Crippen molar-refractivity contribution in [2.24, 2.45) is 11.8 Å². The second kappa shape index (κ2) is 10.1. The summed E-state index contributed by atoms with van der Waals surface area (Å²) in [6.45, 7) is 4.03. The van der Waals surface area contributed by atoms with Crippen LogP contribution in [0.1, 0.15) is 69.9 Å². The first-order valence-electron chi connectivity index (χ1n) is 12.2. The fourth-order valence-corrected chi connectivity index (χ4v) is 5.36. The summed E-state index contributed by atoms with van der Waals surface area (Å²) >= 11 is 0. The molecule has 0 aliphatic heterocycles. The van der Waals surface area contributed by atoms with Gasteiger partial charge in [0.25, 0.3) is 0 Å². The van der Waals surface area contributed by atoms with Crippen molar-refractivity contribution in [3.63, 3.8) is 0 Å². The molecule has 0 aromatic heterocycles. The van der Waals surface area contributed by atoms with Gasteiger partial charge in [0.15, 0.2) is 11.6 Å². The van der Waals surface area contributed by atoms with Gasteiger partial charge in [-0.1, -0.05) is 88.8 Å². The van der Waals surface area contributed by atoms with Gasteiger partial charge in [0, 0.05) is 5.56 Å². The van der Waals surface area contributed by atoms with Crippen LogP contribution >= 0.6 is 0 Å². The van der Waals surface area contributed by atoms with Crippen LogP contribution in [0.25, 0.3) is 21.9 Å². The highest BCUT2D eigenvalue weighted by atomic mass is 19.2. The van der Waals surface area contributed by atoms with E-state index in [0.29, 0.717) is 22.9 Å². The minimum atomic E-state index is -1.09. The van der Waals surface area contributed by atoms with E-state index in [9.17, 15) is 8.78 Å². The van der Waals surface area contributed by atoms with Gasteiger partial charge in [0.1, 0.15) is 5.82 Å². The van der Waals surface area contributed by atoms with Crippen molar-refractivity contribution in [3.8, 4) is 11.1 Å². The van der Waals surface area contributed by atoms with Gasteiger partial charge in [-0.3, -0.25) is 0 Å². The molecule has 4 rings (SSSR count). The third-order valence-electron chi connectivity index (χ3n) is 7.35. The Hall–Kier alpha value is -2.29. The maximum absolute atomic E-state index is 15.2. The second-order valence-corrected chi connectivity index (χ2v) is 9.45. The molecule has 0 saturated heterocycles. The number of hydrogen-bond donors (Lipinski definition) is 0. The van der Waals surface area contributed by atoms with E-state index < -0.39 is 17.5 Å². The molecular weight excluding hydrogens is 405 g/mol. The number of rotatable bonds is 7. The van der Waals surface area contributed by atoms with Crippen molar-refractivity contribution in [2.75, 3.05) is 0 Å². The molecule has 3 heteroatoms. The normalized spacial score (nSPS) is 18.9. The molecule has 0 radical (unpaired) electrons.